The Balaban J connectivity index is 1.47. The van der Waals surface area contributed by atoms with Crippen molar-refractivity contribution in [2.24, 2.45) is 46.3 Å². The fraction of sp³-hybridized carbons (Fsp3) is 0.893. The summed E-state index contributed by atoms with van der Waals surface area (Å²) in [6, 6.07) is 0. The molecule has 2 heteroatoms. The van der Waals surface area contributed by atoms with E-state index in [1.54, 1.807) is 5.57 Å². The van der Waals surface area contributed by atoms with Crippen molar-refractivity contribution in [3.8, 4) is 0 Å². The van der Waals surface area contributed by atoms with Gasteiger partial charge in [-0.15, -0.1) is 0 Å². The highest BCUT2D eigenvalue weighted by Crippen LogP contribution is 2.67. The number of allylic oxidation sites excluding steroid dienone is 1. The predicted octanol–water partition coefficient (Wildman–Crippen LogP) is 7.57. The number of rotatable bonds is 7. The highest BCUT2D eigenvalue weighted by atomic mass is 16.5. The number of hydrogen-bond acceptors (Lipinski definition) is 2. The van der Waals surface area contributed by atoms with Crippen LogP contribution < -0.4 is 0 Å². The Kier molecular flexibility index (Phi) is 6.44. The van der Waals surface area contributed by atoms with E-state index in [1.807, 2.05) is 0 Å². The summed E-state index contributed by atoms with van der Waals surface area (Å²) in [4.78, 5) is 10.8. The van der Waals surface area contributed by atoms with Crippen molar-refractivity contribution in [1.82, 2.24) is 0 Å². The first-order valence-electron chi connectivity index (χ1n) is 13.1. The summed E-state index contributed by atoms with van der Waals surface area (Å²) >= 11 is 0. The quantitative estimate of drug-likeness (QED) is 0.317. The molecule has 4 rings (SSSR count). The summed E-state index contributed by atoms with van der Waals surface area (Å²) in [6.45, 7) is 13.2. The molecule has 4 aliphatic carbocycles. The molecule has 0 saturated heterocycles. The van der Waals surface area contributed by atoms with Crippen molar-refractivity contribution >= 4 is 6.47 Å². The summed E-state index contributed by atoms with van der Waals surface area (Å²) in [5.41, 5.74) is 2.54. The molecule has 4 aliphatic rings. The van der Waals surface area contributed by atoms with Crippen molar-refractivity contribution < 1.29 is 9.53 Å². The van der Waals surface area contributed by atoms with E-state index in [4.69, 9.17) is 4.74 Å². The third-order valence-corrected chi connectivity index (χ3v) is 10.5. The van der Waals surface area contributed by atoms with Crippen LogP contribution >= 0.6 is 0 Å². The van der Waals surface area contributed by atoms with Gasteiger partial charge in [0.15, 0.2) is 0 Å². The Morgan fingerprint density at radius 3 is 2.60 bits per heavy atom. The van der Waals surface area contributed by atoms with Gasteiger partial charge in [-0.1, -0.05) is 65.5 Å². The van der Waals surface area contributed by atoms with Crippen molar-refractivity contribution in [3.05, 3.63) is 11.6 Å². The third-order valence-electron chi connectivity index (χ3n) is 10.5. The van der Waals surface area contributed by atoms with Crippen LogP contribution in [-0.4, -0.2) is 12.6 Å². The lowest BCUT2D eigenvalue weighted by Crippen LogP contribution is -2.51. The van der Waals surface area contributed by atoms with Crippen LogP contribution in [0.25, 0.3) is 0 Å². The molecular weight excluding hydrogens is 368 g/mol. The van der Waals surface area contributed by atoms with Crippen LogP contribution in [0.4, 0.5) is 0 Å². The monoisotopic (exact) mass is 414 g/mol. The molecule has 3 fully saturated rings. The molecule has 0 unspecified atom stereocenters. The Morgan fingerprint density at radius 1 is 1.07 bits per heavy atom. The lowest BCUT2D eigenvalue weighted by atomic mass is 9.47. The van der Waals surface area contributed by atoms with Crippen LogP contribution in [-0.2, 0) is 9.53 Å². The molecule has 0 aliphatic heterocycles. The van der Waals surface area contributed by atoms with E-state index in [2.05, 4.69) is 40.7 Å². The first kappa shape index (κ1) is 22.4. The van der Waals surface area contributed by atoms with Crippen LogP contribution in [0, 0.1) is 46.3 Å². The number of fused-ring (bicyclic) bond motifs is 5. The lowest BCUT2D eigenvalue weighted by Gasteiger charge is -2.58. The van der Waals surface area contributed by atoms with Gasteiger partial charge in [-0.2, -0.15) is 0 Å². The van der Waals surface area contributed by atoms with Gasteiger partial charge in [0.1, 0.15) is 6.10 Å². The third kappa shape index (κ3) is 3.79. The van der Waals surface area contributed by atoms with E-state index < -0.39 is 0 Å². The van der Waals surface area contributed by atoms with E-state index >= 15 is 0 Å². The van der Waals surface area contributed by atoms with E-state index in [0.29, 0.717) is 17.3 Å². The Morgan fingerprint density at radius 2 is 1.87 bits per heavy atom. The second kappa shape index (κ2) is 8.62. The zero-order chi connectivity index (χ0) is 21.5. The first-order valence-corrected chi connectivity index (χ1v) is 13.1. The van der Waals surface area contributed by atoms with E-state index in [9.17, 15) is 4.79 Å². The zero-order valence-electron chi connectivity index (χ0n) is 20.3. The van der Waals surface area contributed by atoms with Crippen molar-refractivity contribution in [2.45, 2.75) is 111 Å². The molecule has 0 aromatic rings. The summed E-state index contributed by atoms with van der Waals surface area (Å²) in [5.74, 6) is 5.32. The van der Waals surface area contributed by atoms with Crippen LogP contribution in [0.5, 0.6) is 0 Å². The maximum Gasteiger partial charge on any atom is 0.293 e. The predicted molar refractivity (Wildman–Crippen MR) is 124 cm³/mol. The van der Waals surface area contributed by atoms with Gasteiger partial charge in [-0.25, -0.2) is 0 Å². The topological polar surface area (TPSA) is 26.3 Å². The van der Waals surface area contributed by atoms with Gasteiger partial charge in [0.05, 0.1) is 0 Å². The minimum atomic E-state index is 0.120. The van der Waals surface area contributed by atoms with Gasteiger partial charge in [0.25, 0.3) is 6.47 Å². The maximum absolute atomic E-state index is 10.8. The molecule has 8 atom stereocenters. The molecule has 30 heavy (non-hydrogen) atoms. The van der Waals surface area contributed by atoms with Gasteiger partial charge in [-0.05, 0) is 91.3 Å². The normalized spacial score (nSPS) is 43.9. The summed E-state index contributed by atoms with van der Waals surface area (Å²) in [6.07, 6.45) is 17.2. The number of ether oxygens (including phenoxy) is 1. The van der Waals surface area contributed by atoms with Crippen molar-refractivity contribution in [3.63, 3.8) is 0 Å². The van der Waals surface area contributed by atoms with Crippen LogP contribution in [0.1, 0.15) is 105 Å². The first-order chi connectivity index (χ1) is 14.3. The molecule has 0 spiro atoms. The van der Waals surface area contributed by atoms with Crippen LogP contribution in [0.3, 0.4) is 0 Å². The Bertz CT molecular complexity index is 651. The van der Waals surface area contributed by atoms with Crippen molar-refractivity contribution in [2.75, 3.05) is 0 Å². The highest BCUT2D eigenvalue weighted by Gasteiger charge is 2.59. The number of hydrogen-bond donors (Lipinski definition) is 0. The summed E-state index contributed by atoms with van der Waals surface area (Å²) in [5, 5.41) is 0. The van der Waals surface area contributed by atoms with Gasteiger partial charge in [0.2, 0.25) is 0 Å². The van der Waals surface area contributed by atoms with E-state index in [1.165, 1.54) is 57.8 Å². The molecule has 0 radical (unpaired) electrons. The largest absolute Gasteiger partial charge is 0.464 e. The minimum Gasteiger partial charge on any atom is -0.464 e. The summed E-state index contributed by atoms with van der Waals surface area (Å²) < 4.78 is 5.36. The average molecular weight is 415 g/mol. The Hall–Kier alpha value is -0.790. The SMILES string of the molecule is CC(C)CCC[C@@H](C)[C@H]1CC[C@@H]2[C@@H]3CC=C4C[C@@H](OC=O)CC[C@]4(C)[C@H]3CC[C@@]21C. The van der Waals surface area contributed by atoms with Crippen LogP contribution in [0.15, 0.2) is 11.6 Å². The average Bonchev–Trinajstić information content (AvgIpc) is 3.05. The molecule has 2 nitrogen and oxygen atoms in total. The minimum absolute atomic E-state index is 0.120. The van der Waals surface area contributed by atoms with Crippen molar-refractivity contribution in [1.29, 1.82) is 0 Å². The molecule has 3 saturated carbocycles. The molecule has 170 valence electrons. The maximum atomic E-state index is 10.8. The zero-order valence-corrected chi connectivity index (χ0v) is 20.3. The standard InChI is InChI=1S/C28H46O2/c1-19(2)7-6-8-20(3)24-11-12-25-23-10-9-21-17-22(30-18-29)13-15-27(21,4)26(23)14-16-28(24,25)5/h9,18-20,22-26H,6-8,10-17H2,1-5H3/t20-,22+,23+,24-,25-,26+,27+,28-/m1/s1. The second-order valence-electron chi connectivity index (χ2n) is 12.4. The molecular formula is C28H46O2. The van der Waals surface area contributed by atoms with Gasteiger partial charge < -0.3 is 4.74 Å². The molecule has 0 heterocycles. The fourth-order valence-electron chi connectivity index (χ4n) is 8.85. The number of carbonyl (C=O) groups excluding carboxylic acids is 1. The smallest absolute Gasteiger partial charge is 0.293 e. The van der Waals surface area contributed by atoms with Crippen LogP contribution in [0.2, 0.25) is 0 Å². The Labute approximate surface area is 185 Å². The molecule has 0 N–H and O–H groups in total. The van der Waals surface area contributed by atoms with Gasteiger partial charge in [-0.3, -0.25) is 4.79 Å². The second-order valence-corrected chi connectivity index (χ2v) is 12.4. The van der Waals surface area contributed by atoms with Gasteiger partial charge in [0, 0.05) is 6.42 Å². The molecule has 0 aromatic heterocycles. The van der Waals surface area contributed by atoms with E-state index in [0.717, 1.165) is 48.3 Å². The number of carbonyl (C=O) groups is 1. The summed E-state index contributed by atoms with van der Waals surface area (Å²) in [7, 11) is 0. The fourth-order valence-corrected chi connectivity index (χ4v) is 8.85. The molecule has 0 amide bonds. The highest BCUT2D eigenvalue weighted by molar-refractivity contribution is 5.38. The lowest BCUT2D eigenvalue weighted by molar-refractivity contribution is -0.136. The molecule has 0 aromatic carbocycles. The van der Waals surface area contributed by atoms with E-state index in [-0.39, 0.29) is 6.10 Å². The van der Waals surface area contributed by atoms with Gasteiger partial charge >= 0.3 is 0 Å². The molecule has 0 bridgehead atoms.